The quantitative estimate of drug-likeness (QED) is 0.192. The number of aromatic nitrogens is 1. The molecular weight excluding hydrogens is 536 g/mol. The van der Waals surface area contributed by atoms with Gasteiger partial charge < -0.3 is 25.1 Å². The average Bonchev–Trinajstić information content (AvgIpc) is 3.61. The summed E-state index contributed by atoms with van der Waals surface area (Å²) in [5.74, 6) is -0.158. The van der Waals surface area contributed by atoms with E-state index in [9.17, 15) is 14.7 Å². The highest BCUT2D eigenvalue weighted by Gasteiger charge is 2.41. The first kappa shape index (κ1) is 26.2. The molecule has 1 saturated heterocycles. The third-order valence-corrected chi connectivity index (χ3v) is 7.53. The van der Waals surface area contributed by atoms with Crippen molar-refractivity contribution >= 4 is 45.7 Å². The van der Waals surface area contributed by atoms with Gasteiger partial charge in [-0.3, -0.25) is 9.78 Å². The molecule has 0 radical (unpaired) electrons. The fourth-order valence-corrected chi connectivity index (χ4v) is 5.60. The zero-order valence-electron chi connectivity index (χ0n) is 21.9. The number of carbonyl (C=O) groups is 2. The van der Waals surface area contributed by atoms with E-state index in [1.165, 1.54) is 0 Å². The van der Waals surface area contributed by atoms with Crippen LogP contribution in [0.1, 0.15) is 40.3 Å². The maximum atomic E-state index is 13.1. The zero-order valence-corrected chi connectivity index (χ0v) is 22.7. The summed E-state index contributed by atoms with van der Waals surface area (Å²) in [4.78, 5) is 31.4. The number of hydrogen-bond donors (Lipinski definition) is 3. The molecule has 204 valence electrons. The molecule has 1 aliphatic heterocycles. The van der Waals surface area contributed by atoms with Gasteiger partial charge >= 0.3 is 5.97 Å². The monoisotopic (exact) mass is 562 g/mol. The third-order valence-electron chi connectivity index (χ3n) is 7.18. The Balaban J connectivity index is 1.28. The van der Waals surface area contributed by atoms with E-state index in [1.54, 1.807) is 36.5 Å². The van der Waals surface area contributed by atoms with Gasteiger partial charge in [0.05, 0.1) is 17.3 Å². The number of furan rings is 1. The lowest BCUT2D eigenvalue weighted by Crippen LogP contribution is -2.32. The minimum absolute atomic E-state index is 0.139. The van der Waals surface area contributed by atoms with E-state index in [4.69, 9.17) is 16.6 Å². The Morgan fingerprint density at radius 3 is 2.56 bits per heavy atom. The van der Waals surface area contributed by atoms with Crippen LogP contribution >= 0.6 is 12.2 Å². The first-order valence-corrected chi connectivity index (χ1v) is 13.6. The SMILES string of the molecule is O=C(CCN1C(=S)N[C@H](c2ccccn2)[C@H]1c1ccc(-c2ccccc2C(=O)O)o1)Nc1cccc2ccccc12. The number of rotatable bonds is 8. The Hall–Kier alpha value is -5.02. The number of carboxylic acids is 1. The van der Waals surface area contributed by atoms with Crippen molar-refractivity contribution < 1.29 is 19.1 Å². The van der Waals surface area contributed by atoms with Gasteiger partial charge in [-0.2, -0.15) is 0 Å². The number of thiocarbonyl (C=S) groups is 1. The summed E-state index contributed by atoms with van der Waals surface area (Å²) < 4.78 is 6.29. The lowest BCUT2D eigenvalue weighted by atomic mass is 10.0. The number of nitrogens with one attached hydrogen (secondary N) is 2. The maximum absolute atomic E-state index is 13.1. The number of pyridine rings is 1. The average molecular weight is 563 g/mol. The highest BCUT2D eigenvalue weighted by atomic mass is 32.1. The maximum Gasteiger partial charge on any atom is 0.336 e. The highest BCUT2D eigenvalue weighted by molar-refractivity contribution is 7.80. The molecule has 0 spiro atoms. The van der Waals surface area contributed by atoms with Crippen LogP contribution in [-0.2, 0) is 4.79 Å². The fraction of sp³-hybridized carbons (Fsp3) is 0.125. The van der Waals surface area contributed by atoms with Crippen LogP contribution in [0, 0.1) is 0 Å². The van der Waals surface area contributed by atoms with Crippen molar-refractivity contribution in [1.82, 2.24) is 15.2 Å². The molecule has 3 heterocycles. The molecule has 0 aliphatic carbocycles. The molecule has 2 atom stereocenters. The predicted molar refractivity (Wildman–Crippen MR) is 160 cm³/mol. The lowest BCUT2D eigenvalue weighted by Gasteiger charge is -2.26. The Labute approximate surface area is 241 Å². The second-order valence-electron chi connectivity index (χ2n) is 9.70. The summed E-state index contributed by atoms with van der Waals surface area (Å²) >= 11 is 5.73. The van der Waals surface area contributed by atoms with Gasteiger partial charge in [-0.05, 0) is 54.0 Å². The number of fused-ring (bicyclic) bond motifs is 1. The fourth-order valence-electron chi connectivity index (χ4n) is 5.27. The smallest absolute Gasteiger partial charge is 0.336 e. The number of anilines is 1. The molecule has 41 heavy (non-hydrogen) atoms. The van der Waals surface area contributed by atoms with Crippen LogP contribution in [0.4, 0.5) is 5.69 Å². The summed E-state index contributed by atoms with van der Waals surface area (Å²) in [6.07, 6.45) is 1.90. The van der Waals surface area contributed by atoms with Crippen LogP contribution in [0.25, 0.3) is 22.1 Å². The van der Waals surface area contributed by atoms with Crippen LogP contribution in [0.3, 0.4) is 0 Å². The first-order valence-electron chi connectivity index (χ1n) is 13.2. The van der Waals surface area contributed by atoms with E-state index in [0.29, 0.717) is 28.7 Å². The van der Waals surface area contributed by atoms with Crippen molar-refractivity contribution in [3.63, 3.8) is 0 Å². The van der Waals surface area contributed by atoms with Crippen molar-refractivity contribution in [3.8, 4) is 11.3 Å². The standard InChI is InChI=1S/C32H26N4O4S/c37-28(34-24-14-7-9-20-8-1-2-10-21(20)24)17-19-36-30(29(35-32(36)41)25-13-5-6-18-33-25)27-16-15-26(40-27)22-11-3-4-12-23(22)31(38)39/h1-16,18,29-30H,17,19H2,(H,34,37)(H,35,41)(H,38,39)/t29-,30-/m1/s1. The molecule has 0 bridgehead atoms. The van der Waals surface area contributed by atoms with Crippen molar-refractivity contribution in [2.75, 3.05) is 11.9 Å². The minimum Gasteiger partial charge on any atom is -0.478 e. The number of carboxylic acid groups (broad SMARTS) is 1. The molecule has 8 nitrogen and oxygen atoms in total. The van der Waals surface area contributed by atoms with Crippen LogP contribution in [0.15, 0.2) is 108 Å². The Morgan fingerprint density at radius 1 is 0.951 bits per heavy atom. The summed E-state index contributed by atoms with van der Waals surface area (Å²) in [6, 6.07) is 28.9. The topological polar surface area (TPSA) is 108 Å². The molecule has 5 aromatic rings. The second-order valence-corrected chi connectivity index (χ2v) is 10.1. The van der Waals surface area contributed by atoms with Gasteiger partial charge in [-0.1, -0.05) is 60.7 Å². The molecule has 1 amide bonds. The first-order chi connectivity index (χ1) is 20.0. The molecule has 3 aromatic carbocycles. The Kier molecular flexibility index (Phi) is 7.18. The van der Waals surface area contributed by atoms with E-state index < -0.39 is 12.0 Å². The molecular formula is C32H26N4O4S. The molecule has 9 heteroatoms. The van der Waals surface area contributed by atoms with E-state index in [-0.39, 0.29) is 23.9 Å². The highest BCUT2D eigenvalue weighted by Crippen LogP contribution is 2.41. The van der Waals surface area contributed by atoms with E-state index in [1.807, 2.05) is 71.6 Å². The molecule has 0 unspecified atom stereocenters. The zero-order chi connectivity index (χ0) is 28.3. The minimum atomic E-state index is -1.03. The molecule has 1 aliphatic rings. The van der Waals surface area contributed by atoms with Crippen LogP contribution in [0.2, 0.25) is 0 Å². The van der Waals surface area contributed by atoms with E-state index >= 15 is 0 Å². The predicted octanol–water partition coefficient (Wildman–Crippen LogP) is 6.19. The van der Waals surface area contributed by atoms with E-state index in [0.717, 1.165) is 22.2 Å². The van der Waals surface area contributed by atoms with Crippen molar-refractivity contribution in [2.24, 2.45) is 0 Å². The number of aromatic carboxylic acids is 1. The Bertz CT molecular complexity index is 1750. The molecule has 3 N–H and O–H groups in total. The van der Waals surface area contributed by atoms with Gasteiger partial charge in [0.25, 0.3) is 0 Å². The largest absolute Gasteiger partial charge is 0.478 e. The number of nitrogens with zero attached hydrogens (tertiary/aromatic N) is 2. The van der Waals surface area contributed by atoms with Gasteiger partial charge in [0.2, 0.25) is 5.91 Å². The molecule has 6 rings (SSSR count). The van der Waals surface area contributed by atoms with Crippen molar-refractivity contribution in [3.05, 3.63) is 120 Å². The summed E-state index contributed by atoms with van der Waals surface area (Å²) in [5, 5.41) is 18.6. The van der Waals surface area contributed by atoms with E-state index in [2.05, 4.69) is 15.6 Å². The van der Waals surface area contributed by atoms with Gasteiger partial charge in [-0.25, -0.2) is 4.79 Å². The van der Waals surface area contributed by atoms with Crippen molar-refractivity contribution in [1.29, 1.82) is 0 Å². The number of amides is 1. The van der Waals surface area contributed by atoms with Gasteiger partial charge in [0.1, 0.15) is 17.6 Å². The number of hydrogen-bond acceptors (Lipinski definition) is 5. The summed E-state index contributed by atoms with van der Waals surface area (Å²) in [5.41, 5.74) is 2.16. The van der Waals surface area contributed by atoms with Crippen LogP contribution < -0.4 is 10.6 Å². The molecule has 0 saturated carbocycles. The summed E-state index contributed by atoms with van der Waals surface area (Å²) in [6.45, 7) is 0.332. The second kappa shape index (κ2) is 11.2. The van der Waals surface area contributed by atoms with Gasteiger partial charge in [-0.15, -0.1) is 0 Å². The number of carbonyl (C=O) groups excluding carboxylic acids is 1. The van der Waals surface area contributed by atoms with Crippen LogP contribution in [0.5, 0.6) is 0 Å². The van der Waals surface area contributed by atoms with Gasteiger partial charge in [0, 0.05) is 35.8 Å². The third kappa shape index (κ3) is 5.27. The molecule has 2 aromatic heterocycles. The van der Waals surface area contributed by atoms with Gasteiger partial charge in [0.15, 0.2) is 5.11 Å². The lowest BCUT2D eigenvalue weighted by molar-refractivity contribution is -0.116. The van der Waals surface area contributed by atoms with Crippen LogP contribution in [-0.4, -0.2) is 38.5 Å². The summed E-state index contributed by atoms with van der Waals surface area (Å²) in [7, 11) is 0. The normalized spacial score (nSPS) is 16.5. The Morgan fingerprint density at radius 2 is 1.73 bits per heavy atom. The number of benzene rings is 3. The molecule has 1 fully saturated rings. The van der Waals surface area contributed by atoms with Crippen molar-refractivity contribution in [2.45, 2.75) is 18.5 Å².